The highest BCUT2D eigenvalue weighted by atomic mass is 15.2. The van der Waals surface area contributed by atoms with Crippen LogP contribution >= 0.6 is 0 Å². The average molecular weight is 198 g/mol. The molecule has 14 heavy (non-hydrogen) atoms. The highest BCUT2D eigenvalue weighted by Crippen LogP contribution is 2.17. The fraction of sp³-hybridized carbons (Fsp3) is 1.00. The molecule has 84 valence electrons. The molecule has 0 radical (unpaired) electrons. The topological polar surface area (TPSA) is 29.3 Å². The molecule has 0 spiro atoms. The van der Waals surface area contributed by atoms with Crippen molar-refractivity contribution in [1.82, 2.24) is 4.90 Å². The van der Waals surface area contributed by atoms with Crippen molar-refractivity contribution in [2.45, 2.75) is 52.0 Å². The molecule has 1 heterocycles. The van der Waals surface area contributed by atoms with Gasteiger partial charge in [-0.15, -0.1) is 0 Å². The minimum Gasteiger partial charge on any atom is -0.329 e. The van der Waals surface area contributed by atoms with Crippen molar-refractivity contribution >= 4 is 0 Å². The number of nitrogens with zero attached hydrogens (tertiary/aromatic N) is 1. The largest absolute Gasteiger partial charge is 0.329 e. The van der Waals surface area contributed by atoms with Gasteiger partial charge in [-0.3, -0.25) is 4.90 Å². The Bertz CT molecular complexity index is 143. The van der Waals surface area contributed by atoms with Gasteiger partial charge in [0.05, 0.1) is 0 Å². The van der Waals surface area contributed by atoms with Crippen molar-refractivity contribution in [3.8, 4) is 0 Å². The first kappa shape index (κ1) is 12.0. The van der Waals surface area contributed by atoms with Gasteiger partial charge >= 0.3 is 0 Å². The molecule has 0 bridgehead atoms. The summed E-state index contributed by atoms with van der Waals surface area (Å²) in [4.78, 5) is 2.54. The van der Waals surface area contributed by atoms with Crippen LogP contribution in [0.4, 0.5) is 0 Å². The van der Waals surface area contributed by atoms with Crippen LogP contribution in [0.3, 0.4) is 0 Å². The molecular weight excluding hydrogens is 172 g/mol. The summed E-state index contributed by atoms with van der Waals surface area (Å²) in [5.74, 6) is 0.871. The predicted octanol–water partition coefficient (Wildman–Crippen LogP) is 2.24. The van der Waals surface area contributed by atoms with E-state index in [2.05, 4.69) is 18.7 Å². The van der Waals surface area contributed by atoms with Crippen LogP contribution in [0.5, 0.6) is 0 Å². The van der Waals surface area contributed by atoms with Gasteiger partial charge in [0.15, 0.2) is 0 Å². The Morgan fingerprint density at radius 1 is 1.29 bits per heavy atom. The normalized spacial score (nSPS) is 22.7. The third kappa shape index (κ3) is 3.97. The van der Waals surface area contributed by atoms with Gasteiger partial charge in [0, 0.05) is 19.1 Å². The monoisotopic (exact) mass is 198 g/mol. The molecule has 0 saturated carbocycles. The molecule has 1 aliphatic heterocycles. The highest BCUT2D eigenvalue weighted by molar-refractivity contribution is 4.82. The molecule has 2 N–H and O–H groups in total. The predicted molar refractivity (Wildman–Crippen MR) is 62.3 cm³/mol. The summed E-state index contributed by atoms with van der Waals surface area (Å²) in [5.41, 5.74) is 5.65. The molecular formula is C12H26N2. The van der Waals surface area contributed by atoms with Gasteiger partial charge in [0.25, 0.3) is 0 Å². The molecule has 1 saturated heterocycles. The van der Waals surface area contributed by atoms with E-state index in [-0.39, 0.29) is 0 Å². The van der Waals surface area contributed by atoms with Gasteiger partial charge in [-0.2, -0.15) is 0 Å². The Hall–Kier alpha value is -0.0800. The Kier molecular flexibility index (Phi) is 5.49. The first-order valence-corrected chi connectivity index (χ1v) is 6.18. The maximum atomic E-state index is 5.65. The Labute approximate surface area is 88.8 Å². The fourth-order valence-corrected chi connectivity index (χ4v) is 2.10. The fourth-order valence-electron chi connectivity index (χ4n) is 2.10. The number of hydrogen-bond acceptors (Lipinski definition) is 2. The summed E-state index contributed by atoms with van der Waals surface area (Å²) in [6.45, 7) is 8.03. The van der Waals surface area contributed by atoms with E-state index in [9.17, 15) is 0 Å². The minimum atomic E-state index is 0.708. The van der Waals surface area contributed by atoms with E-state index < -0.39 is 0 Å². The molecule has 0 aromatic carbocycles. The van der Waals surface area contributed by atoms with Crippen LogP contribution in [0.25, 0.3) is 0 Å². The number of nitrogens with two attached hydrogens (primary N) is 1. The summed E-state index contributed by atoms with van der Waals surface area (Å²) >= 11 is 0. The zero-order valence-corrected chi connectivity index (χ0v) is 9.84. The van der Waals surface area contributed by atoms with E-state index >= 15 is 0 Å². The zero-order chi connectivity index (χ0) is 10.4. The Morgan fingerprint density at radius 3 is 2.57 bits per heavy atom. The van der Waals surface area contributed by atoms with Gasteiger partial charge < -0.3 is 5.73 Å². The van der Waals surface area contributed by atoms with Crippen LogP contribution in [0, 0.1) is 5.92 Å². The second-order valence-corrected chi connectivity index (χ2v) is 4.96. The van der Waals surface area contributed by atoms with E-state index in [0.29, 0.717) is 6.04 Å². The molecule has 1 atom stereocenters. The van der Waals surface area contributed by atoms with Crippen LogP contribution in [-0.2, 0) is 0 Å². The maximum Gasteiger partial charge on any atom is 0.0230 e. The third-order valence-electron chi connectivity index (χ3n) is 3.26. The molecule has 0 aromatic heterocycles. The third-order valence-corrected chi connectivity index (χ3v) is 3.26. The van der Waals surface area contributed by atoms with E-state index in [1.165, 1.54) is 45.2 Å². The summed E-state index contributed by atoms with van der Waals surface area (Å²) in [7, 11) is 0. The van der Waals surface area contributed by atoms with Crippen molar-refractivity contribution in [3.63, 3.8) is 0 Å². The quantitative estimate of drug-likeness (QED) is 0.636. The number of rotatable bonds is 7. The maximum absolute atomic E-state index is 5.65. The van der Waals surface area contributed by atoms with Crippen molar-refractivity contribution in [1.29, 1.82) is 0 Å². The van der Waals surface area contributed by atoms with E-state index in [4.69, 9.17) is 5.73 Å². The molecule has 1 aliphatic rings. The van der Waals surface area contributed by atoms with Crippen molar-refractivity contribution in [2.75, 3.05) is 19.6 Å². The van der Waals surface area contributed by atoms with Gasteiger partial charge in [-0.25, -0.2) is 0 Å². The molecule has 1 rings (SSSR count). The summed E-state index contributed by atoms with van der Waals surface area (Å²) < 4.78 is 0. The Morgan fingerprint density at radius 2 is 2.07 bits per heavy atom. The first-order valence-electron chi connectivity index (χ1n) is 6.18. The molecule has 0 aliphatic carbocycles. The molecule has 1 fully saturated rings. The van der Waals surface area contributed by atoms with E-state index in [1.54, 1.807) is 0 Å². The number of hydrogen-bond donors (Lipinski definition) is 1. The summed E-state index contributed by atoms with van der Waals surface area (Å²) in [5, 5.41) is 0. The summed E-state index contributed by atoms with van der Waals surface area (Å²) in [6, 6.07) is 0.708. The van der Waals surface area contributed by atoms with Gasteiger partial charge in [-0.05, 0) is 25.3 Å². The minimum absolute atomic E-state index is 0.708. The number of unbranched alkanes of at least 4 members (excludes halogenated alkanes) is 2. The molecule has 0 amide bonds. The highest BCUT2D eigenvalue weighted by Gasteiger charge is 2.25. The van der Waals surface area contributed by atoms with Crippen LogP contribution in [-0.4, -0.2) is 30.6 Å². The van der Waals surface area contributed by atoms with Crippen molar-refractivity contribution < 1.29 is 0 Å². The second-order valence-electron chi connectivity index (χ2n) is 4.96. The van der Waals surface area contributed by atoms with E-state index in [0.717, 1.165) is 12.5 Å². The van der Waals surface area contributed by atoms with E-state index in [1.807, 2.05) is 0 Å². The molecule has 0 aromatic rings. The van der Waals surface area contributed by atoms with Gasteiger partial charge in [0.1, 0.15) is 0 Å². The lowest BCUT2D eigenvalue weighted by Gasteiger charge is -2.40. The summed E-state index contributed by atoms with van der Waals surface area (Å²) in [6.07, 6.45) is 6.87. The van der Waals surface area contributed by atoms with Crippen LogP contribution in [0.1, 0.15) is 46.0 Å². The van der Waals surface area contributed by atoms with Crippen LogP contribution < -0.4 is 5.73 Å². The smallest absolute Gasteiger partial charge is 0.0230 e. The van der Waals surface area contributed by atoms with Crippen molar-refractivity contribution in [2.24, 2.45) is 11.7 Å². The van der Waals surface area contributed by atoms with Crippen molar-refractivity contribution in [3.05, 3.63) is 0 Å². The molecule has 2 heteroatoms. The standard InChI is InChI=1S/C12H26N2/c1-11(2)6-4-3-5-8-14-9-7-12(14)10-13/h11-12H,3-10,13H2,1-2H3. The van der Waals surface area contributed by atoms with Gasteiger partial charge in [-0.1, -0.05) is 33.1 Å². The molecule has 2 nitrogen and oxygen atoms in total. The van der Waals surface area contributed by atoms with Gasteiger partial charge in [0.2, 0.25) is 0 Å². The lowest BCUT2D eigenvalue weighted by atomic mass is 10.0. The zero-order valence-electron chi connectivity index (χ0n) is 9.84. The van der Waals surface area contributed by atoms with Crippen LogP contribution in [0.15, 0.2) is 0 Å². The molecule has 1 unspecified atom stereocenters. The number of likely N-dealkylation sites (tertiary alicyclic amines) is 1. The second kappa shape index (κ2) is 6.41. The Balaban J connectivity index is 1.89. The SMILES string of the molecule is CC(C)CCCCCN1CCC1CN. The first-order chi connectivity index (χ1) is 6.74. The lowest BCUT2D eigenvalue weighted by molar-refractivity contribution is 0.0944. The average Bonchev–Trinajstić information content (AvgIpc) is 2.09. The lowest BCUT2D eigenvalue weighted by Crippen LogP contribution is -2.51. The van der Waals surface area contributed by atoms with Crippen LogP contribution in [0.2, 0.25) is 0 Å².